The summed E-state index contributed by atoms with van der Waals surface area (Å²) >= 11 is 0. The number of aliphatic imine (C=N–C) groups is 2. The van der Waals surface area contributed by atoms with Crippen molar-refractivity contribution in [2.45, 2.75) is 12.4 Å². The van der Waals surface area contributed by atoms with Gasteiger partial charge in [0.05, 0.1) is 22.5 Å². The van der Waals surface area contributed by atoms with Gasteiger partial charge >= 0.3 is 12.4 Å². The van der Waals surface area contributed by atoms with Gasteiger partial charge in [-0.2, -0.15) is 26.3 Å². The Balaban J connectivity index is 1.78. The molecule has 0 aliphatic carbocycles. The highest BCUT2D eigenvalue weighted by Gasteiger charge is 2.33. The van der Waals surface area contributed by atoms with E-state index in [4.69, 9.17) is 0 Å². The van der Waals surface area contributed by atoms with Crippen LogP contribution in [0.5, 0.6) is 0 Å². The van der Waals surface area contributed by atoms with E-state index in [0.29, 0.717) is 11.1 Å². The van der Waals surface area contributed by atoms with Gasteiger partial charge in [0.25, 0.3) is 0 Å². The Morgan fingerprint density at radius 3 is 1.17 bits per heavy atom. The van der Waals surface area contributed by atoms with Crippen LogP contribution in [0, 0.1) is 0 Å². The van der Waals surface area contributed by atoms with E-state index in [1.807, 2.05) is 0 Å². The molecule has 0 aliphatic heterocycles. The first kappa shape index (κ1) is 21.3. The van der Waals surface area contributed by atoms with Gasteiger partial charge in [0.2, 0.25) is 0 Å². The second-order valence-corrected chi connectivity index (χ2v) is 6.21. The molecule has 0 radical (unpaired) electrons. The Bertz CT molecular complexity index is 977. The molecular formula is C22H14F6N2. The molecule has 0 atom stereocenters. The van der Waals surface area contributed by atoms with Gasteiger partial charge in [-0.1, -0.05) is 48.5 Å². The standard InChI is InChI=1S/C22H14F6N2/c23-21(24,25)17-5-1-3-7-19(17)29-13-15-9-11-16(12-10-15)14-30-20-8-4-2-6-18(20)22(26,27)28/h1-14H. The molecule has 3 rings (SSSR count). The summed E-state index contributed by atoms with van der Waals surface area (Å²) in [6.45, 7) is 0. The Hall–Kier alpha value is -3.42. The van der Waals surface area contributed by atoms with Gasteiger partial charge in [0.1, 0.15) is 0 Å². The molecule has 0 unspecified atom stereocenters. The Morgan fingerprint density at radius 2 is 0.833 bits per heavy atom. The van der Waals surface area contributed by atoms with E-state index in [1.54, 1.807) is 24.3 Å². The summed E-state index contributed by atoms with van der Waals surface area (Å²) in [5.41, 5.74) is -1.04. The van der Waals surface area contributed by atoms with E-state index in [0.717, 1.165) is 12.1 Å². The number of benzene rings is 3. The van der Waals surface area contributed by atoms with Crippen molar-refractivity contribution in [1.82, 2.24) is 0 Å². The second kappa shape index (κ2) is 8.52. The van der Waals surface area contributed by atoms with Crippen LogP contribution in [0.2, 0.25) is 0 Å². The lowest BCUT2D eigenvalue weighted by Crippen LogP contribution is -2.04. The summed E-state index contributed by atoms with van der Waals surface area (Å²) < 4.78 is 78.0. The van der Waals surface area contributed by atoms with Crippen LogP contribution in [-0.2, 0) is 12.4 Å². The van der Waals surface area contributed by atoms with Crippen LogP contribution in [0.25, 0.3) is 0 Å². The average molecular weight is 420 g/mol. The maximum absolute atomic E-state index is 13.0. The van der Waals surface area contributed by atoms with Crippen molar-refractivity contribution in [3.8, 4) is 0 Å². The number of rotatable bonds is 4. The predicted molar refractivity (Wildman–Crippen MR) is 104 cm³/mol. The first-order valence-electron chi connectivity index (χ1n) is 8.65. The lowest BCUT2D eigenvalue weighted by Gasteiger charge is -2.09. The zero-order valence-electron chi connectivity index (χ0n) is 15.2. The topological polar surface area (TPSA) is 24.7 Å². The SMILES string of the molecule is FC(F)(F)c1ccccc1N=Cc1ccc(C=Nc2ccccc2C(F)(F)F)cc1. The molecule has 30 heavy (non-hydrogen) atoms. The molecule has 0 aliphatic rings. The molecule has 154 valence electrons. The van der Waals surface area contributed by atoms with Crippen molar-refractivity contribution in [3.63, 3.8) is 0 Å². The minimum absolute atomic E-state index is 0.209. The summed E-state index contributed by atoms with van der Waals surface area (Å²) in [7, 11) is 0. The van der Waals surface area contributed by atoms with Crippen LogP contribution in [0.4, 0.5) is 37.7 Å². The summed E-state index contributed by atoms with van der Waals surface area (Å²) in [5, 5.41) is 0. The fourth-order valence-electron chi connectivity index (χ4n) is 2.61. The van der Waals surface area contributed by atoms with Crippen molar-refractivity contribution < 1.29 is 26.3 Å². The summed E-state index contributed by atoms with van der Waals surface area (Å²) in [6.07, 6.45) is -6.46. The zero-order valence-corrected chi connectivity index (χ0v) is 15.2. The van der Waals surface area contributed by atoms with Gasteiger partial charge in [0, 0.05) is 12.4 Å². The molecule has 0 spiro atoms. The smallest absolute Gasteiger partial charge is 0.256 e. The first-order chi connectivity index (χ1) is 14.1. The summed E-state index contributed by atoms with van der Waals surface area (Å²) in [6, 6.07) is 16.2. The highest BCUT2D eigenvalue weighted by Crippen LogP contribution is 2.36. The largest absolute Gasteiger partial charge is 0.418 e. The molecule has 2 nitrogen and oxygen atoms in total. The Kier molecular flexibility index (Phi) is 6.05. The van der Waals surface area contributed by atoms with Gasteiger partial charge in [-0.05, 0) is 35.4 Å². The lowest BCUT2D eigenvalue weighted by atomic mass is 10.1. The van der Waals surface area contributed by atoms with Gasteiger partial charge < -0.3 is 0 Å². The first-order valence-corrected chi connectivity index (χ1v) is 8.65. The zero-order chi connectivity index (χ0) is 21.8. The normalized spacial score (nSPS) is 12.7. The number of hydrogen-bond acceptors (Lipinski definition) is 2. The number of para-hydroxylation sites is 2. The van der Waals surface area contributed by atoms with E-state index in [1.165, 1.54) is 48.8 Å². The predicted octanol–water partition coefficient (Wildman–Crippen LogP) is 7.23. The Morgan fingerprint density at radius 1 is 0.500 bits per heavy atom. The van der Waals surface area contributed by atoms with Crippen molar-refractivity contribution >= 4 is 23.8 Å². The van der Waals surface area contributed by atoms with Crippen LogP contribution >= 0.6 is 0 Å². The highest BCUT2D eigenvalue weighted by atomic mass is 19.4. The fourth-order valence-corrected chi connectivity index (χ4v) is 2.61. The Labute approximate surface area is 168 Å². The second-order valence-electron chi connectivity index (χ2n) is 6.21. The summed E-state index contributed by atoms with van der Waals surface area (Å²) in [5.74, 6) is 0. The van der Waals surface area contributed by atoms with Gasteiger partial charge in [-0.3, -0.25) is 9.98 Å². The van der Waals surface area contributed by atoms with E-state index in [9.17, 15) is 26.3 Å². The van der Waals surface area contributed by atoms with Crippen molar-refractivity contribution in [2.24, 2.45) is 9.98 Å². The maximum Gasteiger partial charge on any atom is 0.418 e. The molecule has 8 heteroatoms. The molecule has 0 saturated carbocycles. The van der Waals surface area contributed by atoms with Crippen LogP contribution in [0.1, 0.15) is 22.3 Å². The third-order valence-electron chi connectivity index (χ3n) is 4.06. The van der Waals surface area contributed by atoms with Crippen LogP contribution in [0.15, 0.2) is 82.8 Å². The monoisotopic (exact) mass is 420 g/mol. The van der Waals surface area contributed by atoms with Crippen LogP contribution < -0.4 is 0 Å². The summed E-state index contributed by atoms with van der Waals surface area (Å²) in [4.78, 5) is 7.80. The van der Waals surface area contributed by atoms with Crippen LogP contribution in [0.3, 0.4) is 0 Å². The van der Waals surface area contributed by atoms with Crippen molar-refractivity contribution in [2.75, 3.05) is 0 Å². The number of alkyl halides is 6. The molecule has 0 heterocycles. The maximum atomic E-state index is 13.0. The molecule has 3 aromatic rings. The van der Waals surface area contributed by atoms with Gasteiger partial charge in [-0.15, -0.1) is 0 Å². The number of nitrogens with zero attached hydrogens (tertiary/aromatic N) is 2. The lowest BCUT2D eigenvalue weighted by molar-refractivity contribution is -0.137. The molecule has 0 N–H and O–H groups in total. The minimum atomic E-state index is -4.51. The molecule has 3 aromatic carbocycles. The fraction of sp³-hybridized carbons (Fsp3) is 0.0909. The molecule has 0 aromatic heterocycles. The number of halogens is 6. The molecule has 0 amide bonds. The van der Waals surface area contributed by atoms with E-state index < -0.39 is 23.5 Å². The van der Waals surface area contributed by atoms with E-state index >= 15 is 0 Å². The molecule has 0 saturated heterocycles. The van der Waals surface area contributed by atoms with Crippen LogP contribution in [-0.4, -0.2) is 12.4 Å². The minimum Gasteiger partial charge on any atom is -0.256 e. The number of hydrogen-bond donors (Lipinski definition) is 0. The third-order valence-corrected chi connectivity index (χ3v) is 4.06. The van der Waals surface area contributed by atoms with Crippen molar-refractivity contribution in [1.29, 1.82) is 0 Å². The van der Waals surface area contributed by atoms with E-state index in [2.05, 4.69) is 9.98 Å². The van der Waals surface area contributed by atoms with Crippen molar-refractivity contribution in [3.05, 3.63) is 95.1 Å². The van der Waals surface area contributed by atoms with Gasteiger partial charge in [-0.25, -0.2) is 0 Å². The van der Waals surface area contributed by atoms with E-state index in [-0.39, 0.29) is 11.4 Å². The molecule has 0 fully saturated rings. The van der Waals surface area contributed by atoms with Gasteiger partial charge in [0.15, 0.2) is 0 Å². The molecule has 0 bridgehead atoms. The average Bonchev–Trinajstić information content (AvgIpc) is 2.70. The highest BCUT2D eigenvalue weighted by molar-refractivity contribution is 5.86. The molecular weight excluding hydrogens is 406 g/mol. The quantitative estimate of drug-likeness (QED) is 0.314. The third kappa shape index (κ3) is 5.34.